The van der Waals surface area contributed by atoms with Crippen LogP contribution in [0.2, 0.25) is 5.02 Å². The lowest BCUT2D eigenvalue weighted by atomic mass is 10.1. The molecule has 1 aliphatic heterocycles. The predicted molar refractivity (Wildman–Crippen MR) is 103 cm³/mol. The third-order valence-electron chi connectivity index (χ3n) is 4.27. The number of carbonyl (C=O) groups excluding carboxylic acids is 2. The third kappa shape index (κ3) is 3.41. The molecule has 3 heterocycles. The van der Waals surface area contributed by atoms with Crippen molar-refractivity contribution in [2.45, 2.75) is 13.3 Å². The van der Waals surface area contributed by atoms with Gasteiger partial charge in [0, 0.05) is 37.3 Å². The van der Waals surface area contributed by atoms with Crippen molar-refractivity contribution in [2.75, 3.05) is 11.9 Å². The largest absolute Gasteiger partial charge is 0.356 e. The maximum atomic E-state index is 12.0. The Labute approximate surface area is 160 Å². The molecule has 3 N–H and O–H groups in total. The van der Waals surface area contributed by atoms with Crippen LogP contribution in [0.25, 0.3) is 22.8 Å². The zero-order chi connectivity index (χ0) is 19.0. The van der Waals surface area contributed by atoms with Gasteiger partial charge in [0.15, 0.2) is 5.82 Å². The van der Waals surface area contributed by atoms with Gasteiger partial charge in [0.1, 0.15) is 0 Å². The van der Waals surface area contributed by atoms with Crippen LogP contribution in [0.15, 0.2) is 36.5 Å². The molecule has 7 nitrogen and oxygen atoms in total. The fourth-order valence-electron chi connectivity index (χ4n) is 3.02. The van der Waals surface area contributed by atoms with Crippen LogP contribution >= 0.6 is 11.6 Å². The summed E-state index contributed by atoms with van der Waals surface area (Å²) in [5, 5.41) is 5.90. The van der Waals surface area contributed by atoms with E-state index in [9.17, 15) is 9.59 Å². The molecule has 136 valence electrons. The number of rotatable bonds is 3. The van der Waals surface area contributed by atoms with Crippen LogP contribution in [-0.4, -0.2) is 33.3 Å². The molecule has 3 aromatic rings. The smallest absolute Gasteiger partial charge is 0.253 e. The molecule has 1 aliphatic rings. The summed E-state index contributed by atoms with van der Waals surface area (Å²) >= 11 is 6.24. The van der Waals surface area contributed by atoms with E-state index >= 15 is 0 Å². The second-order valence-corrected chi connectivity index (χ2v) is 6.63. The summed E-state index contributed by atoms with van der Waals surface area (Å²) in [7, 11) is 0. The van der Waals surface area contributed by atoms with Crippen LogP contribution < -0.4 is 10.6 Å². The van der Waals surface area contributed by atoms with Gasteiger partial charge in [-0.05, 0) is 30.3 Å². The van der Waals surface area contributed by atoms with Crippen LogP contribution in [0.5, 0.6) is 0 Å². The molecule has 0 saturated heterocycles. The molecule has 4 rings (SSSR count). The summed E-state index contributed by atoms with van der Waals surface area (Å²) in [6.07, 6.45) is 2.42. The van der Waals surface area contributed by atoms with Crippen LogP contribution in [0, 0.1) is 0 Å². The first-order valence-electron chi connectivity index (χ1n) is 8.42. The maximum Gasteiger partial charge on any atom is 0.253 e. The van der Waals surface area contributed by atoms with Gasteiger partial charge in [-0.1, -0.05) is 11.6 Å². The van der Waals surface area contributed by atoms with Crippen LogP contribution in [0.1, 0.15) is 23.0 Å². The lowest BCUT2D eigenvalue weighted by Gasteiger charge is -2.10. The van der Waals surface area contributed by atoms with Gasteiger partial charge in [-0.2, -0.15) is 0 Å². The van der Waals surface area contributed by atoms with Gasteiger partial charge in [0.2, 0.25) is 5.91 Å². The maximum absolute atomic E-state index is 12.0. The molecule has 0 aliphatic carbocycles. The minimum atomic E-state index is -0.192. The monoisotopic (exact) mass is 381 g/mol. The highest BCUT2D eigenvalue weighted by atomic mass is 35.5. The van der Waals surface area contributed by atoms with Crippen molar-refractivity contribution < 1.29 is 9.59 Å². The summed E-state index contributed by atoms with van der Waals surface area (Å²) in [4.78, 5) is 35.3. The lowest BCUT2D eigenvalue weighted by Crippen LogP contribution is -2.31. The molecule has 0 atom stereocenters. The van der Waals surface area contributed by atoms with Crippen molar-refractivity contribution in [3.63, 3.8) is 0 Å². The average Bonchev–Trinajstić information content (AvgIpc) is 3.09. The van der Waals surface area contributed by atoms with E-state index in [1.807, 2.05) is 6.07 Å². The Bertz CT molecular complexity index is 1060. The lowest BCUT2D eigenvalue weighted by molar-refractivity contribution is -0.114. The predicted octanol–water partition coefficient (Wildman–Crippen LogP) is 3.04. The highest BCUT2D eigenvalue weighted by Crippen LogP contribution is 2.29. The number of hydrogen-bond acceptors (Lipinski definition) is 4. The van der Waals surface area contributed by atoms with Gasteiger partial charge in [0.25, 0.3) is 5.91 Å². The number of H-pyrrole nitrogens is 1. The summed E-state index contributed by atoms with van der Waals surface area (Å²) in [5.41, 5.74) is 4.28. The minimum Gasteiger partial charge on any atom is -0.356 e. The zero-order valence-electron chi connectivity index (χ0n) is 14.5. The van der Waals surface area contributed by atoms with E-state index in [1.54, 1.807) is 30.5 Å². The minimum absolute atomic E-state index is 0.0756. The fourth-order valence-corrected chi connectivity index (χ4v) is 3.25. The number of hydrogen-bond donors (Lipinski definition) is 3. The van der Waals surface area contributed by atoms with E-state index < -0.39 is 0 Å². The standard InChI is InChI=1S/C19H16ClN5O2/c1-10(26)23-15-3-2-11(8-13(15)20)18-21-6-5-16(25-18)17-9-12-14(24-17)4-7-22-19(12)27/h2-3,5-6,8-9,24H,4,7H2,1H3,(H,22,27)(H,23,26). The van der Waals surface area contributed by atoms with Crippen molar-refractivity contribution >= 4 is 29.1 Å². The van der Waals surface area contributed by atoms with E-state index in [1.165, 1.54) is 6.92 Å². The number of amides is 2. The van der Waals surface area contributed by atoms with Gasteiger partial charge in [-0.25, -0.2) is 9.97 Å². The number of aromatic amines is 1. The Kier molecular flexibility index (Phi) is 4.37. The second-order valence-electron chi connectivity index (χ2n) is 6.22. The number of halogens is 1. The van der Waals surface area contributed by atoms with Crippen molar-refractivity contribution in [2.24, 2.45) is 0 Å². The third-order valence-corrected chi connectivity index (χ3v) is 4.59. The van der Waals surface area contributed by atoms with Crippen molar-refractivity contribution in [1.29, 1.82) is 0 Å². The van der Waals surface area contributed by atoms with E-state index in [4.69, 9.17) is 11.6 Å². The Morgan fingerprint density at radius 1 is 1.26 bits per heavy atom. The molecule has 27 heavy (non-hydrogen) atoms. The normalized spacial score (nSPS) is 13.0. The summed E-state index contributed by atoms with van der Waals surface area (Å²) in [6.45, 7) is 2.05. The van der Waals surface area contributed by atoms with Gasteiger partial charge in [-0.3, -0.25) is 9.59 Å². The number of nitrogens with one attached hydrogen (secondary N) is 3. The fraction of sp³-hybridized carbons (Fsp3) is 0.158. The summed E-state index contributed by atoms with van der Waals surface area (Å²) in [6, 6.07) is 8.81. The number of carbonyl (C=O) groups is 2. The molecule has 0 bridgehead atoms. The molecule has 0 saturated carbocycles. The Balaban J connectivity index is 1.68. The van der Waals surface area contributed by atoms with Gasteiger partial charge in [-0.15, -0.1) is 0 Å². The number of aromatic nitrogens is 3. The molecule has 0 spiro atoms. The second kappa shape index (κ2) is 6.85. The van der Waals surface area contributed by atoms with E-state index in [0.717, 1.165) is 23.4 Å². The molecule has 0 fully saturated rings. The quantitative estimate of drug-likeness (QED) is 0.649. The first-order chi connectivity index (χ1) is 13.0. The molecular weight excluding hydrogens is 366 g/mol. The first kappa shape index (κ1) is 17.2. The molecule has 0 unspecified atom stereocenters. The van der Waals surface area contributed by atoms with E-state index in [0.29, 0.717) is 34.3 Å². The SMILES string of the molecule is CC(=O)Nc1ccc(-c2nccc(-c3cc4c([nH]3)CCNC4=O)n2)cc1Cl. The Hall–Kier alpha value is -3.19. The van der Waals surface area contributed by atoms with Crippen molar-refractivity contribution in [3.8, 4) is 22.8 Å². The van der Waals surface area contributed by atoms with Gasteiger partial charge in [0.05, 0.1) is 27.7 Å². The summed E-state index contributed by atoms with van der Waals surface area (Å²) in [5.74, 6) is 0.233. The van der Waals surface area contributed by atoms with Gasteiger partial charge >= 0.3 is 0 Å². The Morgan fingerprint density at radius 3 is 2.85 bits per heavy atom. The summed E-state index contributed by atoms with van der Waals surface area (Å²) < 4.78 is 0. The number of benzene rings is 1. The molecule has 8 heteroatoms. The number of anilines is 1. The molecule has 2 amide bonds. The van der Waals surface area contributed by atoms with Crippen molar-refractivity contribution in [1.82, 2.24) is 20.3 Å². The van der Waals surface area contributed by atoms with Crippen LogP contribution in [-0.2, 0) is 11.2 Å². The van der Waals surface area contributed by atoms with E-state index in [-0.39, 0.29) is 11.8 Å². The Morgan fingerprint density at radius 2 is 2.11 bits per heavy atom. The van der Waals surface area contributed by atoms with Crippen LogP contribution in [0.4, 0.5) is 5.69 Å². The van der Waals surface area contributed by atoms with E-state index in [2.05, 4.69) is 25.6 Å². The number of nitrogens with zero attached hydrogens (tertiary/aromatic N) is 2. The molecule has 2 aromatic heterocycles. The topological polar surface area (TPSA) is 99.8 Å². The average molecular weight is 382 g/mol. The number of fused-ring (bicyclic) bond motifs is 1. The zero-order valence-corrected chi connectivity index (χ0v) is 15.2. The highest BCUT2D eigenvalue weighted by Gasteiger charge is 2.20. The van der Waals surface area contributed by atoms with Crippen LogP contribution in [0.3, 0.4) is 0 Å². The van der Waals surface area contributed by atoms with Gasteiger partial charge < -0.3 is 15.6 Å². The molecule has 0 radical (unpaired) electrons. The molecule has 1 aromatic carbocycles. The highest BCUT2D eigenvalue weighted by molar-refractivity contribution is 6.34. The first-order valence-corrected chi connectivity index (χ1v) is 8.80. The molecular formula is C19H16ClN5O2. The van der Waals surface area contributed by atoms with Crippen molar-refractivity contribution in [3.05, 3.63) is 52.8 Å².